The standard InChI is InChI=1S/C14H24F3N5O2S2.HI/c1-5-18-12(20-9-13(2,3)22-26(4,23)24)19-7-6-11-21-10(8-25-11)14(15,16)17;/h8,22H,5-7,9H2,1-4H3,(H2,18,19,20);1H. The first-order valence-electron chi connectivity index (χ1n) is 7.85. The van der Waals surface area contributed by atoms with Crippen molar-refractivity contribution in [3.05, 3.63) is 16.1 Å². The highest BCUT2D eigenvalue weighted by Crippen LogP contribution is 2.29. The first-order chi connectivity index (χ1) is 11.8. The first-order valence-corrected chi connectivity index (χ1v) is 10.6. The van der Waals surface area contributed by atoms with Gasteiger partial charge in [0.25, 0.3) is 0 Å². The Morgan fingerprint density at radius 1 is 1.30 bits per heavy atom. The van der Waals surface area contributed by atoms with Crippen LogP contribution in [0.25, 0.3) is 0 Å². The molecule has 1 heterocycles. The topological polar surface area (TPSA) is 95.5 Å². The molecule has 1 rings (SSSR count). The van der Waals surface area contributed by atoms with Crippen LogP contribution >= 0.6 is 35.3 Å². The molecule has 0 aliphatic rings. The molecule has 0 saturated heterocycles. The molecule has 0 aliphatic carbocycles. The van der Waals surface area contributed by atoms with Crippen molar-refractivity contribution in [1.29, 1.82) is 0 Å². The molecular formula is C14H25F3IN5O2S2. The van der Waals surface area contributed by atoms with E-state index in [4.69, 9.17) is 0 Å². The Labute approximate surface area is 178 Å². The van der Waals surface area contributed by atoms with Crippen molar-refractivity contribution in [1.82, 2.24) is 20.3 Å². The number of alkyl halides is 3. The van der Waals surface area contributed by atoms with Gasteiger partial charge in [0.15, 0.2) is 11.7 Å². The Morgan fingerprint density at radius 2 is 1.93 bits per heavy atom. The fraction of sp³-hybridized carbons (Fsp3) is 0.714. The van der Waals surface area contributed by atoms with Gasteiger partial charge < -0.3 is 10.6 Å². The summed E-state index contributed by atoms with van der Waals surface area (Å²) in [6.45, 7) is 6.39. The van der Waals surface area contributed by atoms with E-state index in [1.54, 1.807) is 13.8 Å². The van der Waals surface area contributed by atoms with Crippen LogP contribution in [0.5, 0.6) is 0 Å². The number of nitrogens with zero attached hydrogens (tertiary/aromatic N) is 2. The maximum absolute atomic E-state index is 12.5. The minimum atomic E-state index is -4.43. The van der Waals surface area contributed by atoms with Crippen LogP contribution in [0.4, 0.5) is 13.2 Å². The van der Waals surface area contributed by atoms with E-state index >= 15 is 0 Å². The number of sulfonamides is 1. The van der Waals surface area contributed by atoms with Gasteiger partial charge in [0.2, 0.25) is 10.0 Å². The van der Waals surface area contributed by atoms with E-state index in [9.17, 15) is 21.6 Å². The molecule has 0 radical (unpaired) electrons. The van der Waals surface area contributed by atoms with Crippen molar-refractivity contribution in [2.45, 2.75) is 38.9 Å². The van der Waals surface area contributed by atoms with Crippen LogP contribution in [-0.2, 0) is 22.6 Å². The average Bonchev–Trinajstić information content (AvgIpc) is 2.91. The molecule has 27 heavy (non-hydrogen) atoms. The lowest BCUT2D eigenvalue weighted by Gasteiger charge is -2.23. The van der Waals surface area contributed by atoms with Crippen LogP contribution in [0.15, 0.2) is 10.4 Å². The smallest absolute Gasteiger partial charge is 0.357 e. The third-order valence-corrected chi connectivity index (χ3v) is 4.74. The van der Waals surface area contributed by atoms with E-state index in [0.29, 0.717) is 30.5 Å². The van der Waals surface area contributed by atoms with E-state index in [2.05, 4.69) is 25.3 Å². The molecule has 7 nitrogen and oxygen atoms in total. The van der Waals surface area contributed by atoms with E-state index in [1.807, 2.05) is 6.92 Å². The summed E-state index contributed by atoms with van der Waals surface area (Å²) in [7, 11) is -3.36. The second-order valence-corrected chi connectivity index (χ2v) is 8.95. The van der Waals surface area contributed by atoms with Crippen molar-refractivity contribution in [2.24, 2.45) is 4.99 Å². The summed E-state index contributed by atoms with van der Waals surface area (Å²) in [6, 6.07) is 0. The highest BCUT2D eigenvalue weighted by atomic mass is 127. The number of halogens is 4. The summed E-state index contributed by atoms with van der Waals surface area (Å²) in [4.78, 5) is 7.88. The molecule has 0 spiro atoms. The number of hydrogen-bond donors (Lipinski definition) is 3. The molecule has 1 aromatic rings. The van der Waals surface area contributed by atoms with E-state index in [0.717, 1.165) is 23.0 Å². The minimum Gasteiger partial charge on any atom is -0.357 e. The Bertz CT molecular complexity index is 721. The van der Waals surface area contributed by atoms with Gasteiger partial charge in [-0.3, -0.25) is 4.99 Å². The number of guanidine groups is 1. The monoisotopic (exact) mass is 543 g/mol. The van der Waals surface area contributed by atoms with Gasteiger partial charge in [0.1, 0.15) is 0 Å². The van der Waals surface area contributed by atoms with Crippen molar-refractivity contribution in [2.75, 3.05) is 25.9 Å². The summed E-state index contributed by atoms with van der Waals surface area (Å²) in [5, 5.41) is 7.37. The molecular weight excluding hydrogens is 518 g/mol. The van der Waals surface area contributed by atoms with Crippen molar-refractivity contribution >= 4 is 51.3 Å². The quantitative estimate of drug-likeness (QED) is 0.266. The van der Waals surface area contributed by atoms with Gasteiger partial charge in [-0.25, -0.2) is 18.1 Å². The van der Waals surface area contributed by atoms with Gasteiger partial charge in [-0.15, -0.1) is 35.3 Å². The third kappa shape index (κ3) is 11.0. The van der Waals surface area contributed by atoms with E-state index in [1.165, 1.54) is 0 Å². The van der Waals surface area contributed by atoms with Crippen LogP contribution in [-0.4, -0.2) is 50.8 Å². The number of hydrogen-bond acceptors (Lipinski definition) is 5. The van der Waals surface area contributed by atoms with Crippen LogP contribution < -0.4 is 15.4 Å². The van der Waals surface area contributed by atoms with Crippen molar-refractivity contribution < 1.29 is 21.6 Å². The molecule has 0 atom stereocenters. The second-order valence-electron chi connectivity index (χ2n) is 6.25. The van der Waals surface area contributed by atoms with Crippen LogP contribution in [0.1, 0.15) is 31.5 Å². The normalized spacial score (nSPS) is 13.2. The molecule has 0 aliphatic heterocycles. The molecule has 0 saturated carbocycles. The Kier molecular flexibility index (Phi) is 10.5. The maximum atomic E-state index is 12.5. The Balaban J connectivity index is 0.00000676. The molecule has 1 aromatic heterocycles. The first kappa shape index (κ1) is 26.3. The largest absolute Gasteiger partial charge is 0.434 e. The number of thiazole rings is 1. The van der Waals surface area contributed by atoms with Gasteiger partial charge in [0, 0.05) is 30.4 Å². The van der Waals surface area contributed by atoms with Crippen LogP contribution in [0, 0.1) is 0 Å². The number of rotatable bonds is 8. The molecule has 0 amide bonds. The summed E-state index contributed by atoms with van der Waals surface area (Å²) < 4.78 is 62.8. The van der Waals surface area contributed by atoms with E-state index < -0.39 is 27.4 Å². The number of nitrogens with one attached hydrogen (secondary N) is 3. The van der Waals surface area contributed by atoms with Gasteiger partial charge in [-0.05, 0) is 20.8 Å². The highest BCUT2D eigenvalue weighted by molar-refractivity contribution is 14.0. The lowest BCUT2D eigenvalue weighted by Crippen LogP contribution is -2.47. The minimum absolute atomic E-state index is 0. The van der Waals surface area contributed by atoms with Gasteiger partial charge in [-0.1, -0.05) is 0 Å². The van der Waals surface area contributed by atoms with Crippen LogP contribution in [0.3, 0.4) is 0 Å². The molecule has 0 aromatic carbocycles. The van der Waals surface area contributed by atoms with Gasteiger partial charge >= 0.3 is 6.18 Å². The zero-order valence-electron chi connectivity index (χ0n) is 15.5. The Hall–Kier alpha value is -0.670. The lowest BCUT2D eigenvalue weighted by molar-refractivity contribution is -0.140. The Morgan fingerprint density at radius 3 is 2.41 bits per heavy atom. The number of aliphatic imine (C=N–C) groups is 1. The van der Waals surface area contributed by atoms with Crippen molar-refractivity contribution in [3.8, 4) is 0 Å². The average molecular weight is 543 g/mol. The predicted octanol–water partition coefficient (Wildman–Crippen LogP) is 2.21. The fourth-order valence-electron chi connectivity index (χ4n) is 2.00. The van der Waals surface area contributed by atoms with E-state index in [-0.39, 0.29) is 30.5 Å². The predicted molar refractivity (Wildman–Crippen MR) is 112 cm³/mol. The summed E-state index contributed by atoms with van der Waals surface area (Å²) in [5.41, 5.74) is -1.65. The van der Waals surface area contributed by atoms with Crippen molar-refractivity contribution in [3.63, 3.8) is 0 Å². The zero-order valence-corrected chi connectivity index (χ0v) is 19.4. The molecule has 158 valence electrons. The molecule has 0 bridgehead atoms. The van der Waals surface area contributed by atoms with Crippen LogP contribution in [0.2, 0.25) is 0 Å². The highest BCUT2D eigenvalue weighted by Gasteiger charge is 2.33. The molecule has 3 N–H and O–H groups in total. The molecule has 0 unspecified atom stereocenters. The molecule has 0 fully saturated rings. The fourth-order valence-corrected chi connectivity index (χ4v) is 3.87. The van der Waals surface area contributed by atoms with Gasteiger partial charge in [0.05, 0.1) is 17.8 Å². The number of aromatic nitrogens is 1. The maximum Gasteiger partial charge on any atom is 0.434 e. The molecule has 13 heteroatoms. The van der Waals surface area contributed by atoms with Gasteiger partial charge in [-0.2, -0.15) is 13.2 Å². The lowest BCUT2D eigenvalue weighted by atomic mass is 10.1. The zero-order chi connectivity index (χ0) is 20.0. The summed E-state index contributed by atoms with van der Waals surface area (Å²) in [6.07, 6.45) is -3.04. The summed E-state index contributed by atoms with van der Waals surface area (Å²) in [5.74, 6) is 0.448. The summed E-state index contributed by atoms with van der Waals surface area (Å²) >= 11 is 0.957. The second kappa shape index (κ2) is 10.8. The third-order valence-electron chi connectivity index (χ3n) is 2.91. The SMILES string of the molecule is CCNC(=NCC(C)(C)NS(C)(=O)=O)NCCc1nc(C(F)(F)F)cs1.I.